The highest BCUT2D eigenvalue weighted by molar-refractivity contribution is 8.00. The van der Waals surface area contributed by atoms with Crippen LogP contribution in [0.3, 0.4) is 0 Å². The zero-order valence-corrected chi connectivity index (χ0v) is 8.37. The van der Waals surface area contributed by atoms with Gasteiger partial charge in [-0.25, -0.2) is 0 Å². The molecule has 8 heteroatoms. The van der Waals surface area contributed by atoms with Gasteiger partial charge in [-0.05, 0) is 11.8 Å². The zero-order chi connectivity index (χ0) is 11.5. The Labute approximate surface area is 88.0 Å². The lowest BCUT2D eigenvalue weighted by molar-refractivity contribution is -0.125. The van der Waals surface area contributed by atoms with Gasteiger partial charge in [-0.3, -0.25) is 14.9 Å². The van der Waals surface area contributed by atoms with Gasteiger partial charge in [-0.1, -0.05) is 0 Å². The molecule has 1 unspecified atom stereocenters. The predicted octanol–water partition coefficient (Wildman–Crippen LogP) is 0.244. The average Bonchev–Trinajstić information content (AvgIpc) is 2.37. The fraction of sp³-hybridized carbons (Fsp3) is 0.714. The van der Waals surface area contributed by atoms with Crippen molar-refractivity contribution in [2.45, 2.75) is 18.0 Å². The van der Waals surface area contributed by atoms with Gasteiger partial charge in [0.1, 0.15) is 0 Å². The quantitative estimate of drug-likeness (QED) is 0.548. The summed E-state index contributed by atoms with van der Waals surface area (Å²) in [6.45, 7) is 0.0372. The highest BCUT2D eigenvalue weighted by Gasteiger charge is 2.31. The second kappa shape index (κ2) is 4.84. The van der Waals surface area contributed by atoms with Crippen LogP contribution in [-0.2, 0) is 9.59 Å². The third-order valence-electron chi connectivity index (χ3n) is 1.73. The van der Waals surface area contributed by atoms with Crippen molar-refractivity contribution in [1.29, 1.82) is 0 Å². The summed E-state index contributed by atoms with van der Waals surface area (Å²) in [5, 5.41) is 4.64. The molecule has 0 aromatic rings. The number of halogens is 3. The van der Waals surface area contributed by atoms with Crippen LogP contribution in [0.15, 0.2) is 0 Å². The summed E-state index contributed by atoms with van der Waals surface area (Å²) in [5.74, 6) is -1.06. The Morgan fingerprint density at radius 3 is 2.60 bits per heavy atom. The van der Waals surface area contributed by atoms with Gasteiger partial charge in [-0.15, -0.1) is 0 Å². The molecular weight excluding hydrogens is 233 g/mol. The summed E-state index contributed by atoms with van der Waals surface area (Å²) in [6, 6.07) is -0.689. The van der Waals surface area contributed by atoms with E-state index in [1.54, 1.807) is 0 Å². The van der Waals surface area contributed by atoms with E-state index in [9.17, 15) is 22.8 Å². The number of imide groups is 1. The molecular formula is C7H9F3N2O2S. The topological polar surface area (TPSA) is 58.2 Å². The lowest BCUT2D eigenvalue weighted by atomic mass is 10.2. The van der Waals surface area contributed by atoms with E-state index in [-0.39, 0.29) is 30.5 Å². The minimum Gasteiger partial charge on any atom is -0.305 e. The Balaban J connectivity index is 2.16. The monoisotopic (exact) mass is 242 g/mol. The Hall–Kier alpha value is -0.760. The average molecular weight is 242 g/mol. The van der Waals surface area contributed by atoms with Gasteiger partial charge in [0.25, 0.3) is 0 Å². The first kappa shape index (κ1) is 12.3. The molecule has 1 fully saturated rings. The Morgan fingerprint density at radius 2 is 2.13 bits per heavy atom. The molecule has 0 saturated carbocycles. The lowest BCUT2D eigenvalue weighted by Crippen LogP contribution is -2.37. The maximum Gasteiger partial charge on any atom is 0.441 e. The van der Waals surface area contributed by atoms with E-state index in [0.29, 0.717) is 0 Å². The molecule has 0 aromatic heterocycles. The normalized spacial score (nSPS) is 21.9. The van der Waals surface area contributed by atoms with Gasteiger partial charge in [0.15, 0.2) is 0 Å². The van der Waals surface area contributed by atoms with Crippen LogP contribution in [0.2, 0.25) is 0 Å². The molecule has 15 heavy (non-hydrogen) atoms. The van der Waals surface area contributed by atoms with E-state index >= 15 is 0 Å². The van der Waals surface area contributed by atoms with Gasteiger partial charge < -0.3 is 5.32 Å². The number of thioether (sulfide) groups is 1. The van der Waals surface area contributed by atoms with Crippen LogP contribution in [0, 0.1) is 0 Å². The molecule has 1 heterocycles. The van der Waals surface area contributed by atoms with Crippen molar-refractivity contribution in [1.82, 2.24) is 10.6 Å². The van der Waals surface area contributed by atoms with Crippen molar-refractivity contribution in [3.05, 3.63) is 0 Å². The van der Waals surface area contributed by atoms with E-state index in [2.05, 4.69) is 10.6 Å². The molecule has 0 spiro atoms. The summed E-state index contributed by atoms with van der Waals surface area (Å²) < 4.78 is 35.1. The lowest BCUT2D eigenvalue weighted by Gasteiger charge is -2.09. The van der Waals surface area contributed by atoms with Crippen molar-refractivity contribution in [2.75, 3.05) is 12.3 Å². The molecule has 1 aliphatic heterocycles. The first-order valence-corrected chi connectivity index (χ1v) is 5.15. The fourth-order valence-corrected chi connectivity index (χ4v) is 1.57. The van der Waals surface area contributed by atoms with Crippen LogP contribution in [0.4, 0.5) is 13.2 Å². The van der Waals surface area contributed by atoms with Gasteiger partial charge in [0.2, 0.25) is 11.8 Å². The van der Waals surface area contributed by atoms with E-state index in [4.69, 9.17) is 0 Å². The van der Waals surface area contributed by atoms with Crippen LogP contribution in [0.25, 0.3) is 0 Å². The molecule has 0 aromatic carbocycles. The predicted molar refractivity (Wildman–Crippen MR) is 48.1 cm³/mol. The number of rotatable bonds is 4. The maximum absolute atomic E-state index is 11.7. The van der Waals surface area contributed by atoms with Crippen molar-refractivity contribution in [3.63, 3.8) is 0 Å². The van der Waals surface area contributed by atoms with E-state index in [1.807, 2.05) is 0 Å². The number of amides is 2. The minimum atomic E-state index is -4.25. The number of hydrogen-bond donors (Lipinski definition) is 2. The largest absolute Gasteiger partial charge is 0.441 e. The summed E-state index contributed by atoms with van der Waals surface area (Å²) in [4.78, 5) is 21.7. The van der Waals surface area contributed by atoms with Crippen LogP contribution >= 0.6 is 11.8 Å². The van der Waals surface area contributed by atoms with E-state index in [1.165, 1.54) is 0 Å². The zero-order valence-electron chi connectivity index (χ0n) is 7.56. The molecule has 1 atom stereocenters. The molecule has 2 amide bonds. The van der Waals surface area contributed by atoms with E-state index < -0.39 is 23.4 Å². The Bertz CT molecular complexity index is 269. The molecule has 0 aliphatic carbocycles. The fourth-order valence-electron chi connectivity index (χ4n) is 1.12. The highest BCUT2D eigenvalue weighted by Crippen LogP contribution is 2.29. The standard InChI is InChI=1S/C7H9F3N2O2S/c8-7(9,10)15-2-1-11-4-3-5(13)12-6(4)14/h4,11H,1-3H2,(H,12,13,14). The van der Waals surface area contributed by atoms with Crippen LogP contribution in [0.5, 0.6) is 0 Å². The molecule has 0 radical (unpaired) electrons. The molecule has 0 bridgehead atoms. The molecule has 86 valence electrons. The Kier molecular flexibility index (Phi) is 3.97. The third-order valence-corrected chi connectivity index (χ3v) is 2.46. The number of carbonyl (C=O) groups is 2. The first-order chi connectivity index (χ1) is 6.88. The summed E-state index contributed by atoms with van der Waals surface area (Å²) in [6.07, 6.45) is -0.00445. The molecule has 1 aliphatic rings. The first-order valence-electron chi connectivity index (χ1n) is 4.16. The molecule has 1 saturated heterocycles. The number of carbonyl (C=O) groups excluding carboxylic acids is 2. The molecule has 4 nitrogen and oxygen atoms in total. The second-order valence-electron chi connectivity index (χ2n) is 2.92. The SMILES string of the molecule is O=C1CC(NCCSC(F)(F)F)C(=O)N1. The third kappa shape index (κ3) is 4.52. The van der Waals surface area contributed by atoms with Gasteiger partial charge in [-0.2, -0.15) is 13.2 Å². The van der Waals surface area contributed by atoms with Crippen molar-refractivity contribution < 1.29 is 22.8 Å². The molecule has 1 rings (SSSR count). The number of alkyl halides is 3. The van der Waals surface area contributed by atoms with Crippen LogP contribution in [0.1, 0.15) is 6.42 Å². The van der Waals surface area contributed by atoms with Crippen molar-refractivity contribution in [3.8, 4) is 0 Å². The van der Waals surface area contributed by atoms with Crippen molar-refractivity contribution in [2.24, 2.45) is 0 Å². The van der Waals surface area contributed by atoms with Gasteiger partial charge >= 0.3 is 5.51 Å². The highest BCUT2D eigenvalue weighted by atomic mass is 32.2. The Morgan fingerprint density at radius 1 is 1.47 bits per heavy atom. The smallest absolute Gasteiger partial charge is 0.305 e. The van der Waals surface area contributed by atoms with Crippen molar-refractivity contribution >= 4 is 23.6 Å². The number of hydrogen-bond acceptors (Lipinski definition) is 4. The van der Waals surface area contributed by atoms with E-state index in [0.717, 1.165) is 0 Å². The summed E-state index contributed by atoms with van der Waals surface area (Å²) in [7, 11) is 0. The maximum atomic E-state index is 11.7. The van der Waals surface area contributed by atoms with Gasteiger partial charge in [0.05, 0.1) is 12.5 Å². The number of nitrogens with one attached hydrogen (secondary N) is 2. The van der Waals surface area contributed by atoms with Crippen LogP contribution in [-0.4, -0.2) is 35.7 Å². The van der Waals surface area contributed by atoms with Gasteiger partial charge in [0, 0.05) is 12.3 Å². The molecule has 2 N–H and O–H groups in total. The summed E-state index contributed by atoms with van der Waals surface area (Å²) >= 11 is -0.160. The summed E-state index contributed by atoms with van der Waals surface area (Å²) in [5.41, 5.74) is -4.25. The van der Waals surface area contributed by atoms with Crippen LogP contribution < -0.4 is 10.6 Å². The minimum absolute atomic E-state index is 0.00445. The second-order valence-corrected chi connectivity index (χ2v) is 4.08.